The third-order valence-corrected chi connectivity index (χ3v) is 9.38. The Bertz CT molecular complexity index is 1720. The molecule has 1 aromatic heterocycles. The molecule has 0 N–H and O–H groups in total. The van der Waals surface area contributed by atoms with Gasteiger partial charge in [-0.15, -0.1) is 0 Å². The molecule has 5 aromatic rings. The van der Waals surface area contributed by atoms with E-state index in [1.165, 1.54) is 22.4 Å². The average molecular weight is 628 g/mol. The van der Waals surface area contributed by atoms with Crippen molar-refractivity contribution in [2.45, 2.75) is 78.0 Å². The monoisotopic (exact) mass is 627 g/mol. The summed E-state index contributed by atoms with van der Waals surface area (Å²) in [4.78, 5) is 8.16. The van der Waals surface area contributed by atoms with E-state index >= 15 is 0 Å². The summed E-state index contributed by atoms with van der Waals surface area (Å²) in [6.45, 7) is 8.06. The molecule has 0 saturated heterocycles. The third-order valence-electron chi connectivity index (χ3n) is 9.38. The predicted molar refractivity (Wildman–Crippen MR) is 188 cm³/mol. The first-order chi connectivity index (χ1) is 23.2. The molecule has 47 heavy (non-hydrogen) atoms. The van der Waals surface area contributed by atoms with Gasteiger partial charge in [-0.25, -0.2) is 4.98 Å². The van der Waals surface area contributed by atoms with Gasteiger partial charge in [-0.3, -0.25) is 4.90 Å². The number of hydrogen-bond donors (Lipinski definition) is 0. The molecule has 3 heterocycles. The minimum Gasteiger partial charge on any atom is -0.493 e. The van der Waals surface area contributed by atoms with E-state index < -0.39 is 0 Å². The van der Waals surface area contributed by atoms with Gasteiger partial charge in [-0.05, 0) is 47.7 Å². The van der Waals surface area contributed by atoms with E-state index in [4.69, 9.17) is 19.2 Å². The van der Waals surface area contributed by atoms with Gasteiger partial charge in [0.25, 0.3) is 0 Å². The molecule has 0 aliphatic carbocycles. The van der Waals surface area contributed by atoms with E-state index in [0.29, 0.717) is 0 Å². The van der Waals surface area contributed by atoms with Crippen LogP contribution in [0.4, 0.5) is 0 Å². The number of aromatic nitrogens is 2. The van der Waals surface area contributed by atoms with Gasteiger partial charge in [0.1, 0.15) is 11.6 Å². The summed E-state index contributed by atoms with van der Waals surface area (Å²) in [6, 6.07) is 34.8. The van der Waals surface area contributed by atoms with Crippen molar-refractivity contribution >= 4 is 0 Å². The molecule has 1 atom stereocenters. The maximum atomic E-state index is 6.03. The van der Waals surface area contributed by atoms with Gasteiger partial charge in [-0.1, -0.05) is 112 Å². The largest absolute Gasteiger partial charge is 0.493 e. The molecule has 4 aromatic carbocycles. The molecule has 6 nitrogen and oxygen atoms in total. The Kier molecular flexibility index (Phi) is 9.57. The molecule has 0 bridgehead atoms. The Morgan fingerprint density at radius 2 is 1.40 bits per heavy atom. The molecule has 6 heteroatoms. The fourth-order valence-corrected chi connectivity index (χ4v) is 6.95. The van der Waals surface area contributed by atoms with Crippen molar-refractivity contribution in [3.8, 4) is 39.9 Å². The number of rotatable bonds is 14. The van der Waals surface area contributed by atoms with Crippen LogP contribution in [-0.4, -0.2) is 27.9 Å². The van der Waals surface area contributed by atoms with Gasteiger partial charge < -0.3 is 18.8 Å². The van der Waals surface area contributed by atoms with Gasteiger partial charge in [-0.2, -0.15) is 0 Å². The quantitative estimate of drug-likeness (QED) is 0.123. The predicted octanol–water partition coefficient (Wildman–Crippen LogP) is 9.61. The molecule has 0 saturated carbocycles. The standard InChI is InChI=1S/C41H45N3O3/c1-3-5-17-35(40-39(33-13-9-7-10-14-33)42-41(44(40)23-6-4-2)34-15-11-8-12-16-34)43(27-30-18-20-32-22-24-45-37(32)25-30)28-31-19-21-36-38(26-31)47-29-46-36/h7-16,18-21,25-26,35H,3-6,17,22-24,27-29H2,1-2H3/t35-/m1/s1. The van der Waals surface area contributed by atoms with Crippen molar-refractivity contribution in [2.24, 2.45) is 0 Å². The van der Waals surface area contributed by atoms with Crippen LogP contribution in [0.1, 0.15) is 74.4 Å². The Labute approximate surface area is 278 Å². The lowest BCUT2D eigenvalue weighted by Crippen LogP contribution is -2.30. The topological polar surface area (TPSA) is 48.8 Å². The number of imidazole rings is 1. The fourth-order valence-electron chi connectivity index (χ4n) is 6.95. The first-order valence-corrected chi connectivity index (χ1v) is 17.3. The maximum Gasteiger partial charge on any atom is 0.231 e. The van der Waals surface area contributed by atoms with Gasteiger partial charge in [0.15, 0.2) is 11.5 Å². The first kappa shape index (κ1) is 31.1. The number of benzene rings is 4. The van der Waals surface area contributed by atoms with E-state index in [9.17, 15) is 0 Å². The van der Waals surface area contributed by atoms with Crippen molar-refractivity contribution in [1.82, 2.24) is 14.5 Å². The summed E-state index contributed by atoms with van der Waals surface area (Å²) in [6.07, 6.45) is 6.44. The van der Waals surface area contributed by atoms with Crippen molar-refractivity contribution < 1.29 is 14.2 Å². The highest BCUT2D eigenvalue weighted by atomic mass is 16.7. The molecule has 0 amide bonds. The zero-order chi connectivity index (χ0) is 32.0. The highest BCUT2D eigenvalue weighted by Crippen LogP contribution is 2.41. The Hall–Kier alpha value is -4.55. The normalized spacial score (nSPS) is 13.9. The van der Waals surface area contributed by atoms with Gasteiger partial charge in [0.2, 0.25) is 6.79 Å². The van der Waals surface area contributed by atoms with Gasteiger partial charge in [0.05, 0.1) is 24.0 Å². The summed E-state index contributed by atoms with van der Waals surface area (Å²) in [5, 5.41) is 0. The van der Waals surface area contributed by atoms with Crippen LogP contribution in [0.25, 0.3) is 22.6 Å². The van der Waals surface area contributed by atoms with Crippen LogP contribution in [-0.2, 0) is 26.1 Å². The van der Waals surface area contributed by atoms with Crippen molar-refractivity contribution in [1.29, 1.82) is 0 Å². The van der Waals surface area contributed by atoms with E-state index in [-0.39, 0.29) is 12.8 Å². The minimum atomic E-state index is 0.117. The molecule has 0 spiro atoms. The molecule has 2 aliphatic rings. The van der Waals surface area contributed by atoms with E-state index in [1.54, 1.807) is 0 Å². The Morgan fingerprint density at radius 1 is 0.723 bits per heavy atom. The average Bonchev–Trinajstić information content (AvgIpc) is 3.87. The lowest BCUT2D eigenvalue weighted by molar-refractivity contribution is 0.159. The summed E-state index contributed by atoms with van der Waals surface area (Å²) < 4.78 is 20.1. The van der Waals surface area contributed by atoms with Crippen molar-refractivity contribution in [3.63, 3.8) is 0 Å². The van der Waals surface area contributed by atoms with Crippen molar-refractivity contribution in [3.05, 3.63) is 119 Å². The highest BCUT2D eigenvalue weighted by Gasteiger charge is 2.31. The first-order valence-electron chi connectivity index (χ1n) is 17.3. The highest BCUT2D eigenvalue weighted by molar-refractivity contribution is 5.69. The number of nitrogens with zero attached hydrogens (tertiary/aromatic N) is 3. The summed E-state index contributed by atoms with van der Waals surface area (Å²) >= 11 is 0. The Balaban J connectivity index is 1.39. The van der Waals surface area contributed by atoms with Crippen LogP contribution in [0.15, 0.2) is 97.1 Å². The summed E-state index contributed by atoms with van der Waals surface area (Å²) in [5.74, 6) is 3.71. The molecule has 0 unspecified atom stereocenters. The maximum absolute atomic E-state index is 6.03. The zero-order valence-electron chi connectivity index (χ0n) is 27.7. The third kappa shape index (κ3) is 6.79. The van der Waals surface area contributed by atoms with E-state index in [1.807, 2.05) is 0 Å². The molecule has 2 aliphatic heterocycles. The smallest absolute Gasteiger partial charge is 0.231 e. The van der Waals surface area contributed by atoms with Crippen molar-refractivity contribution in [2.75, 3.05) is 13.4 Å². The number of hydrogen-bond acceptors (Lipinski definition) is 5. The summed E-state index contributed by atoms with van der Waals surface area (Å²) in [7, 11) is 0. The number of fused-ring (bicyclic) bond motifs is 2. The van der Waals surface area contributed by atoms with Crippen LogP contribution < -0.4 is 14.2 Å². The lowest BCUT2D eigenvalue weighted by Gasteiger charge is -2.34. The SMILES string of the molecule is CCCC[C@H](c1c(-c2ccccc2)nc(-c2ccccc2)n1CCCC)N(Cc1ccc2c(c1)OCC2)Cc1ccc2c(c1)OCO2. The minimum absolute atomic E-state index is 0.117. The Morgan fingerprint density at radius 3 is 2.15 bits per heavy atom. The number of ether oxygens (including phenoxy) is 3. The van der Waals surface area contributed by atoms with Crippen LogP contribution >= 0.6 is 0 Å². The second kappa shape index (κ2) is 14.5. The van der Waals surface area contributed by atoms with Crippen LogP contribution in [0, 0.1) is 0 Å². The van der Waals surface area contributed by atoms with E-state index in [0.717, 1.165) is 105 Å². The molecule has 7 rings (SSSR count). The second-order valence-electron chi connectivity index (χ2n) is 12.7. The second-order valence-corrected chi connectivity index (χ2v) is 12.7. The zero-order valence-corrected chi connectivity index (χ0v) is 27.7. The van der Waals surface area contributed by atoms with Crippen LogP contribution in [0.2, 0.25) is 0 Å². The molecule has 0 radical (unpaired) electrons. The fraction of sp³-hybridized carbons (Fsp3) is 0.341. The van der Waals surface area contributed by atoms with Gasteiger partial charge in [0, 0.05) is 37.2 Å². The molecular formula is C41H45N3O3. The molecule has 0 fully saturated rings. The van der Waals surface area contributed by atoms with E-state index in [2.05, 4.69) is 120 Å². The van der Waals surface area contributed by atoms with Gasteiger partial charge >= 0.3 is 0 Å². The summed E-state index contributed by atoms with van der Waals surface area (Å²) in [5.41, 5.74) is 8.46. The lowest BCUT2D eigenvalue weighted by atomic mass is 9.97. The molecule has 242 valence electrons. The molecular weight excluding hydrogens is 582 g/mol. The van der Waals surface area contributed by atoms with Crippen LogP contribution in [0.3, 0.4) is 0 Å². The van der Waals surface area contributed by atoms with Crippen LogP contribution in [0.5, 0.6) is 17.2 Å². The number of unbranched alkanes of at least 4 members (excludes halogenated alkanes) is 2.